The Bertz CT molecular complexity index is 973. The van der Waals surface area contributed by atoms with Gasteiger partial charge in [0.25, 0.3) is 0 Å². The van der Waals surface area contributed by atoms with Gasteiger partial charge < -0.3 is 14.0 Å². The monoisotopic (exact) mass is 528 g/mol. The molecule has 0 spiro atoms. The molecule has 0 saturated carbocycles. The van der Waals surface area contributed by atoms with Gasteiger partial charge in [0.15, 0.2) is 0 Å². The first-order valence-electron chi connectivity index (χ1n) is 5.95. The first kappa shape index (κ1) is 28.8. The third-order valence-electron chi connectivity index (χ3n) is 2.80. The minimum Gasteiger partial charge on any atom is -0.765 e. The van der Waals surface area contributed by atoms with E-state index in [9.17, 15) is 22.4 Å². The maximum Gasteiger partial charge on any atom is 1.00 e. The fraction of sp³-hybridized carbons (Fsp3) is 0. The number of benzene rings is 2. The number of hydrogen-bond acceptors (Lipinski definition) is 6. The molecule has 27 heavy (non-hydrogen) atoms. The summed E-state index contributed by atoms with van der Waals surface area (Å²) in [5, 5.41) is -2.56. The zero-order chi connectivity index (χ0) is 19.2. The zero-order valence-corrected chi connectivity index (χ0v) is 23.0. The molecule has 1 atom stereocenters. The Labute approximate surface area is 224 Å². The van der Waals surface area contributed by atoms with Gasteiger partial charge in [-0.3, -0.25) is 4.57 Å². The maximum absolute atomic E-state index is 12.4. The molecule has 0 aliphatic rings. The van der Waals surface area contributed by atoms with E-state index in [0.29, 0.717) is 0 Å². The molecule has 0 N–H and O–H groups in total. The van der Waals surface area contributed by atoms with Crippen LogP contribution in [0.5, 0.6) is 5.75 Å². The summed E-state index contributed by atoms with van der Waals surface area (Å²) in [6, 6.07) is 3.69. The topological polar surface area (TPSA) is 107 Å². The minimum atomic E-state index is -4.94. The standard InChI is InChI=1S/C12H6Cl5O6PS.2Na/c13-7-8(14)10(16)12(11(17)9(7)15)24(18,19)23-5-1-3-6(4-2-5)25(20,21)22;;/h1-4H,(H,18,19)(H,20,21,22);;/q;2*+1/p-2. The van der Waals surface area contributed by atoms with Crippen molar-refractivity contribution in [3.05, 3.63) is 49.4 Å². The van der Waals surface area contributed by atoms with Crippen LogP contribution in [0.15, 0.2) is 29.2 Å². The van der Waals surface area contributed by atoms with Crippen molar-refractivity contribution in [3.8, 4) is 5.75 Å². The Morgan fingerprint density at radius 1 is 0.815 bits per heavy atom. The summed E-state index contributed by atoms with van der Waals surface area (Å²) >= 11 is 29.2. The average Bonchev–Trinajstić information content (AvgIpc) is 2.50. The predicted octanol–water partition coefficient (Wildman–Crippen LogP) is -1.88. The van der Waals surface area contributed by atoms with E-state index >= 15 is 0 Å². The van der Waals surface area contributed by atoms with Crippen LogP contribution in [0.2, 0.25) is 25.1 Å². The van der Waals surface area contributed by atoms with Crippen LogP contribution in [0.25, 0.3) is 0 Å². The third-order valence-corrected chi connectivity index (χ3v) is 7.63. The summed E-state index contributed by atoms with van der Waals surface area (Å²) in [5.41, 5.74) is 0. The smallest absolute Gasteiger partial charge is 0.765 e. The van der Waals surface area contributed by atoms with E-state index in [2.05, 4.69) is 0 Å². The van der Waals surface area contributed by atoms with Crippen molar-refractivity contribution in [3.63, 3.8) is 0 Å². The molecule has 0 saturated heterocycles. The zero-order valence-electron chi connectivity index (χ0n) is 13.5. The molecule has 6 nitrogen and oxygen atoms in total. The number of hydrogen-bond donors (Lipinski definition) is 0. The van der Waals surface area contributed by atoms with E-state index in [1.54, 1.807) is 0 Å². The van der Waals surface area contributed by atoms with Gasteiger partial charge in [0.2, 0.25) is 7.60 Å². The Kier molecular flexibility index (Phi) is 11.6. The normalized spacial score (nSPS) is 13.1. The van der Waals surface area contributed by atoms with Gasteiger partial charge in [0.05, 0.1) is 35.3 Å². The quantitative estimate of drug-likeness (QED) is 0.151. The van der Waals surface area contributed by atoms with Gasteiger partial charge in [0, 0.05) is 0 Å². The molecule has 0 radical (unpaired) electrons. The van der Waals surface area contributed by atoms with E-state index in [1.165, 1.54) is 0 Å². The van der Waals surface area contributed by atoms with Crippen LogP contribution in [-0.4, -0.2) is 13.0 Å². The van der Waals surface area contributed by atoms with Crippen molar-refractivity contribution in [1.29, 1.82) is 0 Å². The molecule has 2 aromatic carbocycles. The molecular weight excluding hydrogens is 526 g/mol. The van der Waals surface area contributed by atoms with Crippen LogP contribution in [0.3, 0.4) is 0 Å². The second-order valence-electron chi connectivity index (χ2n) is 4.43. The van der Waals surface area contributed by atoms with Gasteiger partial charge in [-0.25, -0.2) is 8.42 Å². The molecule has 0 bridgehead atoms. The molecule has 2 rings (SSSR count). The fourth-order valence-corrected chi connectivity index (χ4v) is 5.24. The maximum atomic E-state index is 12.4. The SMILES string of the molecule is O=P([O-])(Oc1ccc(S(=O)(=O)[O-])cc1)c1c(Cl)c(Cl)c(Cl)c(Cl)c1Cl.[Na+].[Na+]. The first-order chi connectivity index (χ1) is 11.4. The van der Waals surface area contributed by atoms with Gasteiger partial charge in [-0.15, -0.1) is 0 Å². The largest absolute Gasteiger partial charge is 1.00 e. The molecule has 0 aliphatic heterocycles. The van der Waals surface area contributed by atoms with Crippen LogP contribution in [0.1, 0.15) is 0 Å². The Hall–Kier alpha value is 1.79. The number of rotatable bonds is 4. The van der Waals surface area contributed by atoms with Crippen LogP contribution in [0.4, 0.5) is 0 Å². The van der Waals surface area contributed by atoms with Gasteiger partial charge in [-0.05, 0) is 24.3 Å². The third kappa shape index (κ3) is 6.63. The predicted molar refractivity (Wildman–Crippen MR) is 93.8 cm³/mol. The Morgan fingerprint density at radius 3 is 1.56 bits per heavy atom. The van der Waals surface area contributed by atoms with Crippen molar-refractivity contribution in [2.45, 2.75) is 4.90 Å². The summed E-state index contributed by atoms with van der Waals surface area (Å²) in [4.78, 5) is 11.9. The molecule has 0 aliphatic carbocycles. The second kappa shape index (κ2) is 10.9. The molecule has 0 heterocycles. The molecule has 0 fully saturated rings. The summed E-state index contributed by atoms with van der Waals surface area (Å²) < 4.78 is 49.9. The van der Waals surface area contributed by atoms with Gasteiger partial charge in [-0.1, -0.05) is 58.0 Å². The van der Waals surface area contributed by atoms with E-state index in [-0.39, 0.29) is 79.9 Å². The molecular formula is C12H4Cl5Na2O6PS. The Morgan fingerprint density at radius 2 is 1.19 bits per heavy atom. The van der Waals surface area contributed by atoms with E-state index in [0.717, 1.165) is 24.3 Å². The van der Waals surface area contributed by atoms with Crippen molar-refractivity contribution in [2.24, 2.45) is 0 Å². The summed E-state index contributed by atoms with van der Waals surface area (Å²) in [6.07, 6.45) is 0. The van der Waals surface area contributed by atoms with E-state index < -0.39 is 38.0 Å². The molecule has 136 valence electrons. The molecule has 1 unspecified atom stereocenters. The van der Waals surface area contributed by atoms with E-state index in [1.807, 2.05) is 0 Å². The minimum absolute atomic E-state index is 0. The first-order valence-corrected chi connectivity index (χ1v) is 10.8. The van der Waals surface area contributed by atoms with Crippen molar-refractivity contribution < 1.29 is 86.1 Å². The second-order valence-corrected chi connectivity index (χ2v) is 9.33. The fourth-order valence-electron chi connectivity index (χ4n) is 1.69. The van der Waals surface area contributed by atoms with Crippen LogP contribution in [0, 0.1) is 0 Å². The molecule has 0 amide bonds. The van der Waals surface area contributed by atoms with Crippen LogP contribution in [-0.2, 0) is 14.7 Å². The van der Waals surface area contributed by atoms with Crippen molar-refractivity contribution >= 4 is 81.0 Å². The Balaban J connectivity index is 0.00000338. The van der Waals surface area contributed by atoms with Crippen molar-refractivity contribution in [2.75, 3.05) is 0 Å². The van der Waals surface area contributed by atoms with Crippen LogP contribution >= 0.6 is 65.6 Å². The average molecular weight is 530 g/mol. The molecule has 15 heteroatoms. The molecule has 0 aromatic heterocycles. The molecule has 2 aromatic rings. The number of halogens is 5. The van der Waals surface area contributed by atoms with Crippen molar-refractivity contribution in [1.82, 2.24) is 0 Å². The summed E-state index contributed by atoms with van der Waals surface area (Å²) in [6.45, 7) is 0. The van der Waals surface area contributed by atoms with E-state index in [4.69, 9.17) is 62.5 Å². The summed E-state index contributed by atoms with van der Waals surface area (Å²) in [5.74, 6) is -0.292. The van der Waals surface area contributed by atoms with Gasteiger partial charge >= 0.3 is 59.1 Å². The van der Waals surface area contributed by atoms with Gasteiger partial charge in [-0.2, -0.15) is 0 Å². The van der Waals surface area contributed by atoms with Gasteiger partial charge in [0.1, 0.15) is 15.9 Å². The van der Waals surface area contributed by atoms with Crippen LogP contribution < -0.4 is 73.8 Å². The summed E-state index contributed by atoms with van der Waals surface area (Å²) in [7, 11) is -9.63.